The number of benzene rings is 1. The van der Waals surface area contributed by atoms with Crippen molar-refractivity contribution < 1.29 is 5.11 Å². The highest BCUT2D eigenvalue weighted by Crippen LogP contribution is 2.30. The van der Waals surface area contributed by atoms with Crippen LogP contribution >= 0.6 is 0 Å². The smallest absolute Gasteiger partial charge is 0.176 e. The Morgan fingerprint density at radius 2 is 1.82 bits per heavy atom. The zero-order chi connectivity index (χ0) is 26.5. The number of fused-ring (bicyclic) bond motifs is 2. The summed E-state index contributed by atoms with van der Waals surface area (Å²) in [6.45, 7) is 6.45. The molecule has 0 radical (unpaired) electrons. The lowest BCUT2D eigenvalue weighted by atomic mass is 10.0. The lowest BCUT2D eigenvalue weighted by Crippen LogP contribution is -2.21. The largest absolute Gasteiger partial charge is 0.392 e. The van der Waals surface area contributed by atoms with Crippen LogP contribution < -0.4 is 0 Å². The highest BCUT2D eigenvalue weighted by molar-refractivity contribution is 5.92. The molecule has 0 amide bonds. The second-order valence-corrected chi connectivity index (χ2v) is 10.1. The van der Waals surface area contributed by atoms with Crippen LogP contribution in [0.5, 0.6) is 0 Å². The average Bonchev–Trinajstić information content (AvgIpc) is 3.68. The van der Waals surface area contributed by atoms with Crippen LogP contribution in [0.2, 0.25) is 0 Å². The second kappa shape index (κ2) is 9.33. The average molecular weight is 518 g/mol. The van der Waals surface area contributed by atoms with Crippen LogP contribution in [0.3, 0.4) is 0 Å². The number of aliphatic hydroxyl groups is 1. The van der Waals surface area contributed by atoms with E-state index in [0.29, 0.717) is 11.5 Å². The van der Waals surface area contributed by atoms with Gasteiger partial charge in [-0.05, 0) is 55.7 Å². The van der Waals surface area contributed by atoms with Crippen molar-refractivity contribution in [1.82, 2.24) is 44.5 Å². The number of imidazole rings is 1. The van der Waals surface area contributed by atoms with Gasteiger partial charge in [0.1, 0.15) is 0 Å². The van der Waals surface area contributed by atoms with Crippen molar-refractivity contribution >= 4 is 16.7 Å². The molecule has 1 unspecified atom stereocenters. The number of likely N-dealkylation sites (tertiary alicyclic amines) is 1. The number of aliphatic hydroxyl groups excluding tert-OH is 1. The molecule has 1 saturated heterocycles. The number of pyridine rings is 2. The maximum atomic E-state index is 9.80. The van der Waals surface area contributed by atoms with Crippen molar-refractivity contribution in [2.75, 3.05) is 13.1 Å². The molecule has 0 spiro atoms. The molecule has 0 bridgehead atoms. The maximum Gasteiger partial charge on any atom is 0.176 e. The summed E-state index contributed by atoms with van der Waals surface area (Å²) in [6.07, 6.45) is 5.95. The zero-order valence-electron chi connectivity index (χ0n) is 21.7. The topological polar surface area (TPSA) is 110 Å². The lowest BCUT2D eigenvalue weighted by molar-refractivity contribution is 0.175. The van der Waals surface area contributed by atoms with Crippen molar-refractivity contribution in [3.8, 4) is 28.2 Å². The molecule has 1 N–H and O–H groups in total. The maximum absolute atomic E-state index is 9.80. The van der Waals surface area contributed by atoms with Crippen LogP contribution in [0.1, 0.15) is 23.4 Å². The van der Waals surface area contributed by atoms with E-state index in [9.17, 15) is 5.11 Å². The van der Waals surface area contributed by atoms with E-state index in [2.05, 4.69) is 55.4 Å². The van der Waals surface area contributed by atoms with E-state index in [4.69, 9.17) is 10.1 Å². The van der Waals surface area contributed by atoms with E-state index in [-0.39, 0.29) is 6.10 Å². The van der Waals surface area contributed by atoms with Crippen LogP contribution in [0.25, 0.3) is 44.9 Å². The molecule has 6 heterocycles. The van der Waals surface area contributed by atoms with Crippen molar-refractivity contribution in [2.45, 2.75) is 32.9 Å². The van der Waals surface area contributed by atoms with Crippen LogP contribution in [0.4, 0.5) is 0 Å². The summed E-state index contributed by atoms with van der Waals surface area (Å²) in [5.41, 5.74) is 8.33. The molecular formula is C29H27N9O. The number of hydrogen-bond acceptors (Lipinski definition) is 8. The normalized spacial score (nSPS) is 16.0. The number of rotatable bonds is 5. The van der Waals surface area contributed by atoms with Crippen molar-refractivity contribution in [2.24, 2.45) is 0 Å². The van der Waals surface area contributed by atoms with Gasteiger partial charge in [0.05, 0.1) is 35.6 Å². The Morgan fingerprint density at radius 3 is 2.59 bits per heavy atom. The summed E-state index contributed by atoms with van der Waals surface area (Å²) in [5.74, 6) is 0.612. The van der Waals surface area contributed by atoms with E-state index in [1.165, 1.54) is 10.4 Å². The van der Waals surface area contributed by atoms with Gasteiger partial charge >= 0.3 is 0 Å². The summed E-state index contributed by atoms with van der Waals surface area (Å²) in [5, 5.41) is 24.2. The molecule has 7 rings (SSSR count). The number of β-amino-alcohol motifs (C(OH)–C–C–N with tert-alkyl or cyclic N) is 1. The first-order valence-electron chi connectivity index (χ1n) is 13.0. The van der Waals surface area contributed by atoms with E-state index < -0.39 is 0 Å². The predicted octanol–water partition coefficient (Wildman–Crippen LogP) is 3.77. The highest BCUT2D eigenvalue weighted by atomic mass is 16.3. The number of nitrogens with zero attached hydrogens (tertiary/aromatic N) is 9. The van der Waals surface area contributed by atoms with Crippen molar-refractivity contribution in [3.05, 3.63) is 84.1 Å². The van der Waals surface area contributed by atoms with Gasteiger partial charge in [-0.1, -0.05) is 24.3 Å². The van der Waals surface area contributed by atoms with E-state index in [1.54, 1.807) is 12.4 Å². The quantitative estimate of drug-likeness (QED) is 0.368. The van der Waals surface area contributed by atoms with Gasteiger partial charge in [-0.25, -0.2) is 19.5 Å². The Labute approximate surface area is 224 Å². The molecule has 1 atom stereocenters. The lowest BCUT2D eigenvalue weighted by Gasteiger charge is -2.15. The molecule has 1 aromatic carbocycles. The summed E-state index contributed by atoms with van der Waals surface area (Å²) in [6, 6.07) is 16.5. The summed E-state index contributed by atoms with van der Waals surface area (Å²) in [7, 11) is 0. The second-order valence-electron chi connectivity index (χ2n) is 10.1. The summed E-state index contributed by atoms with van der Waals surface area (Å²) in [4.78, 5) is 17.7. The molecule has 39 heavy (non-hydrogen) atoms. The van der Waals surface area contributed by atoms with Crippen LogP contribution in [0.15, 0.2) is 67.1 Å². The monoisotopic (exact) mass is 517 g/mol. The number of hydrogen-bond donors (Lipinski definition) is 1. The molecule has 1 aliphatic rings. The Morgan fingerprint density at radius 1 is 0.949 bits per heavy atom. The van der Waals surface area contributed by atoms with Crippen molar-refractivity contribution in [3.63, 3.8) is 0 Å². The van der Waals surface area contributed by atoms with Gasteiger partial charge in [0.25, 0.3) is 0 Å². The molecule has 10 nitrogen and oxygen atoms in total. The fourth-order valence-electron chi connectivity index (χ4n) is 5.28. The predicted molar refractivity (Wildman–Crippen MR) is 147 cm³/mol. The van der Waals surface area contributed by atoms with Gasteiger partial charge in [-0.2, -0.15) is 15.3 Å². The SMILES string of the molecule is Cc1cnn(-c2ccc3c(-c4cnc5cc(-c6ccc(CN7CCC(O)C7)cc6)c(C)nn45)ccnc3n2)n1. The fourth-order valence-corrected chi connectivity index (χ4v) is 5.28. The standard InChI is InChI=1S/C29H27N9O/c1-18-14-32-38(34-18)27-8-7-24-23(9-11-30-29(24)33-27)26-15-31-28-13-25(19(2)35-37(26)28)21-5-3-20(4-6-21)16-36-12-10-22(39)17-36/h3-9,11,13-15,22,39H,10,12,16-17H2,1-2H3. The Hall–Kier alpha value is -4.54. The molecule has 10 heteroatoms. The van der Waals surface area contributed by atoms with Crippen LogP contribution in [-0.2, 0) is 6.54 Å². The molecule has 1 aliphatic heterocycles. The van der Waals surface area contributed by atoms with E-state index in [1.807, 2.05) is 42.8 Å². The molecule has 194 valence electrons. The fraction of sp³-hybridized carbons (Fsp3) is 0.241. The van der Waals surface area contributed by atoms with E-state index >= 15 is 0 Å². The van der Waals surface area contributed by atoms with Gasteiger partial charge in [0.2, 0.25) is 0 Å². The van der Waals surface area contributed by atoms with Gasteiger partial charge in [-0.15, -0.1) is 4.80 Å². The van der Waals surface area contributed by atoms with Gasteiger partial charge in [-0.3, -0.25) is 4.90 Å². The molecule has 5 aromatic heterocycles. The molecule has 0 aliphatic carbocycles. The first-order chi connectivity index (χ1) is 19.0. The van der Waals surface area contributed by atoms with Crippen LogP contribution in [-0.4, -0.2) is 68.8 Å². The Bertz CT molecular complexity index is 1820. The van der Waals surface area contributed by atoms with Gasteiger partial charge in [0.15, 0.2) is 17.1 Å². The third kappa shape index (κ3) is 4.33. The highest BCUT2D eigenvalue weighted by Gasteiger charge is 2.20. The Kier molecular flexibility index (Phi) is 5.64. The number of aryl methyl sites for hydroxylation is 2. The summed E-state index contributed by atoms with van der Waals surface area (Å²) < 4.78 is 1.88. The first-order valence-corrected chi connectivity index (χ1v) is 13.0. The minimum absolute atomic E-state index is 0.202. The van der Waals surface area contributed by atoms with Crippen LogP contribution in [0, 0.1) is 13.8 Å². The number of aromatic nitrogens is 8. The zero-order valence-corrected chi connectivity index (χ0v) is 21.7. The van der Waals surface area contributed by atoms with Gasteiger partial charge in [0, 0.05) is 42.3 Å². The Balaban J connectivity index is 1.21. The molecular weight excluding hydrogens is 490 g/mol. The first kappa shape index (κ1) is 23.6. The van der Waals surface area contributed by atoms with Gasteiger partial charge < -0.3 is 5.11 Å². The third-order valence-corrected chi connectivity index (χ3v) is 7.27. The third-order valence-electron chi connectivity index (χ3n) is 7.27. The molecule has 6 aromatic rings. The van der Waals surface area contributed by atoms with Crippen molar-refractivity contribution in [1.29, 1.82) is 0 Å². The van der Waals surface area contributed by atoms with E-state index in [0.717, 1.165) is 70.9 Å². The minimum Gasteiger partial charge on any atom is -0.392 e. The summed E-state index contributed by atoms with van der Waals surface area (Å²) >= 11 is 0. The minimum atomic E-state index is -0.202. The molecule has 1 fully saturated rings. The molecule has 0 saturated carbocycles.